The quantitative estimate of drug-likeness (QED) is 0.840. The number of hydrogen-bond donors (Lipinski definition) is 1. The van der Waals surface area contributed by atoms with Gasteiger partial charge >= 0.3 is 0 Å². The molecule has 0 fully saturated rings. The Bertz CT molecular complexity index is 560. The summed E-state index contributed by atoms with van der Waals surface area (Å²) in [5.74, 6) is 0.979. The third kappa shape index (κ3) is 3.48. The van der Waals surface area contributed by atoms with Crippen LogP contribution < -0.4 is 5.32 Å². The van der Waals surface area contributed by atoms with Crippen LogP contribution in [0.25, 0.3) is 11.3 Å². The summed E-state index contributed by atoms with van der Waals surface area (Å²) < 4.78 is 18.7. The smallest absolute Gasteiger partial charge is 0.132 e. The third-order valence-corrected chi connectivity index (χ3v) is 2.60. The first-order valence-corrected chi connectivity index (χ1v) is 6.04. The summed E-state index contributed by atoms with van der Waals surface area (Å²) in [5, 5.41) is 3.12. The first-order valence-electron chi connectivity index (χ1n) is 6.04. The van der Waals surface area contributed by atoms with Crippen LogP contribution in [0.15, 0.2) is 30.3 Å². The number of methoxy groups -OCH3 is 1. The van der Waals surface area contributed by atoms with E-state index in [4.69, 9.17) is 4.74 Å². The van der Waals surface area contributed by atoms with E-state index in [1.54, 1.807) is 38.3 Å². The highest BCUT2D eigenvalue weighted by Gasteiger charge is 2.08. The maximum Gasteiger partial charge on any atom is 0.132 e. The van der Waals surface area contributed by atoms with E-state index in [0.29, 0.717) is 36.1 Å². The summed E-state index contributed by atoms with van der Waals surface area (Å²) in [6.07, 6.45) is 0. The Hall–Kier alpha value is -2.01. The zero-order valence-electron chi connectivity index (χ0n) is 11.0. The molecule has 0 aliphatic rings. The number of aromatic nitrogens is 2. The molecule has 0 saturated heterocycles. The van der Waals surface area contributed by atoms with E-state index in [-0.39, 0.29) is 5.82 Å². The lowest BCUT2D eigenvalue weighted by molar-refractivity contribution is 0.210. The predicted molar refractivity (Wildman–Crippen MR) is 72.5 cm³/mol. The molecular weight excluding hydrogens is 245 g/mol. The van der Waals surface area contributed by atoms with Gasteiger partial charge in [0.2, 0.25) is 0 Å². The molecule has 5 heteroatoms. The van der Waals surface area contributed by atoms with Crippen LogP contribution in [0, 0.1) is 12.7 Å². The largest absolute Gasteiger partial charge is 0.383 e. The Labute approximate surface area is 111 Å². The molecule has 0 spiro atoms. The number of aryl methyl sites for hydroxylation is 1. The first kappa shape index (κ1) is 13.4. The molecule has 0 radical (unpaired) electrons. The number of halogens is 1. The van der Waals surface area contributed by atoms with Crippen LogP contribution in [0.5, 0.6) is 0 Å². The Morgan fingerprint density at radius 1 is 1.26 bits per heavy atom. The molecule has 1 N–H and O–H groups in total. The van der Waals surface area contributed by atoms with Crippen molar-refractivity contribution >= 4 is 5.82 Å². The van der Waals surface area contributed by atoms with Crippen molar-refractivity contribution in [3.8, 4) is 11.3 Å². The highest BCUT2D eigenvalue weighted by molar-refractivity contribution is 5.63. The average molecular weight is 261 g/mol. The molecule has 1 aromatic heterocycles. The summed E-state index contributed by atoms with van der Waals surface area (Å²) in [4.78, 5) is 8.53. The van der Waals surface area contributed by atoms with Crippen LogP contribution in [0.4, 0.5) is 10.2 Å². The number of nitrogens with zero attached hydrogens (tertiary/aromatic N) is 2. The minimum absolute atomic E-state index is 0.288. The van der Waals surface area contributed by atoms with Crippen molar-refractivity contribution in [2.24, 2.45) is 0 Å². The zero-order chi connectivity index (χ0) is 13.7. The fourth-order valence-electron chi connectivity index (χ4n) is 1.75. The normalized spacial score (nSPS) is 10.5. The predicted octanol–water partition coefficient (Wildman–Crippen LogP) is 2.65. The first-order chi connectivity index (χ1) is 9.20. The maximum atomic E-state index is 13.7. The van der Waals surface area contributed by atoms with Crippen LogP contribution in [0.2, 0.25) is 0 Å². The molecule has 4 nitrogen and oxygen atoms in total. The highest BCUT2D eigenvalue weighted by atomic mass is 19.1. The molecule has 0 atom stereocenters. The summed E-state index contributed by atoms with van der Waals surface area (Å²) in [6.45, 7) is 3.01. The molecule has 1 heterocycles. The molecular formula is C14H16FN3O. The fourth-order valence-corrected chi connectivity index (χ4v) is 1.75. The molecule has 0 aliphatic heterocycles. The van der Waals surface area contributed by atoms with E-state index in [0.717, 1.165) is 0 Å². The summed E-state index contributed by atoms with van der Waals surface area (Å²) in [6, 6.07) is 8.31. The van der Waals surface area contributed by atoms with Crippen LogP contribution in [0.1, 0.15) is 5.82 Å². The van der Waals surface area contributed by atoms with Gasteiger partial charge in [0.1, 0.15) is 17.5 Å². The van der Waals surface area contributed by atoms with Crippen LogP contribution in [-0.4, -0.2) is 30.2 Å². The molecule has 0 bridgehead atoms. The molecule has 19 heavy (non-hydrogen) atoms. The van der Waals surface area contributed by atoms with E-state index in [1.165, 1.54) is 6.07 Å². The van der Waals surface area contributed by atoms with E-state index < -0.39 is 0 Å². The number of nitrogens with one attached hydrogen (secondary N) is 1. The molecule has 2 aromatic rings. The van der Waals surface area contributed by atoms with Crippen LogP contribution in [0.3, 0.4) is 0 Å². The molecule has 0 aliphatic carbocycles. The van der Waals surface area contributed by atoms with Gasteiger partial charge in [0, 0.05) is 25.3 Å². The second-order valence-corrected chi connectivity index (χ2v) is 4.09. The van der Waals surface area contributed by atoms with Gasteiger partial charge in [-0.15, -0.1) is 0 Å². The molecule has 2 rings (SSSR count). The van der Waals surface area contributed by atoms with Gasteiger partial charge in [-0.25, -0.2) is 14.4 Å². The number of rotatable bonds is 5. The van der Waals surface area contributed by atoms with E-state index in [2.05, 4.69) is 15.3 Å². The van der Waals surface area contributed by atoms with Gasteiger partial charge in [-0.2, -0.15) is 0 Å². The third-order valence-electron chi connectivity index (χ3n) is 2.60. The summed E-state index contributed by atoms with van der Waals surface area (Å²) >= 11 is 0. The summed E-state index contributed by atoms with van der Waals surface area (Å²) in [7, 11) is 1.64. The number of ether oxygens (including phenoxy) is 1. The fraction of sp³-hybridized carbons (Fsp3) is 0.286. The van der Waals surface area contributed by atoms with Crippen molar-refractivity contribution in [3.63, 3.8) is 0 Å². The lowest BCUT2D eigenvalue weighted by atomic mass is 10.1. The van der Waals surface area contributed by atoms with Crippen molar-refractivity contribution in [2.45, 2.75) is 6.92 Å². The maximum absolute atomic E-state index is 13.7. The highest BCUT2D eigenvalue weighted by Crippen LogP contribution is 2.22. The summed E-state index contributed by atoms with van der Waals surface area (Å²) in [5.41, 5.74) is 1.05. The topological polar surface area (TPSA) is 47.0 Å². The van der Waals surface area contributed by atoms with Crippen molar-refractivity contribution in [1.82, 2.24) is 9.97 Å². The van der Waals surface area contributed by atoms with Gasteiger partial charge in [0.25, 0.3) is 0 Å². The SMILES string of the molecule is COCCNc1cc(-c2ccccc2F)nc(C)n1. The van der Waals surface area contributed by atoms with E-state index >= 15 is 0 Å². The lowest BCUT2D eigenvalue weighted by Gasteiger charge is -2.08. The van der Waals surface area contributed by atoms with Crippen molar-refractivity contribution < 1.29 is 9.13 Å². The van der Waals surface area contributed by atoms with Crippen molar-refractivity contribution in [3.05, 3.63) is 42.0 Å². The van der Waals surface area contributed by atoms with Gasteiger partial charge in [0.05, 0.1) is 12.3 Å². The van der Waals surface area contributed by atoms with Crippen LogP contribution >= 0.6 is 0 Å². The monoisotopic (exact) mass is 261 g/mol. The Morgan fingerprint density at radius 3 is 2.79 bits per heavy atom. The van der Waals surface area contributed by atoms with E-state index in [9.17, 15) is 4.39 Å². The van der Waals surface area contributed by atoms with Crippen LogP contribution in [-0.2, 0) is 4.74 Å². The average Bonchev–Trinajstić information content (AvgIpc) is 2.39. The van der Waals surface area contributed by atoms with Gasteiger partial charge in [0.15, 0.2) is 0 Å². The standard InChI is InChI=1S/C14H16FN3O/c1-10-17-13(11-5-3-4-6-12(11)15)9-14(18-10)16-7-8-19-2/h3-6,9H,7-8H2,1-2H3,(H,16,17,18). The molecule has 0 saturated carbocycles. The minimum Gasteiger partial charge on any atom is -0.383 e. The van der Waals surface area contributed by atoms with Crippen molar-refractivity contribution in [1.29, 1.82) is 0 Å². The van der Waals surface area contributed by atoms with Gasteiger partial charge in [-0.05, 0) is 19.1 Å². The van der Waals surface area contributed by atoms with E-state index in [1.807, 2.05) is 0 Å². The number of hydrogen-bond acceptors (Lipinski definition) is 4. The number of anilines is 1. The second-order valence-electron chi connectivity index (χ2n) is 4.09. The second kappa shape index (κ2) is 6.24. The Morgan fingerprint density at radius 2 is 2.05 bits per heavy atom. The molecule has 100 valence electrons. The zero-order valence-corrected chi connectivity index (χ0v) is 11.0. The van der Waals surface area contributed by atoms with Gasteiger partial charge in [-0.3, -0.25) is 0 Å². The molecule has 1 aromatic carbocycles. The Kier molecular flexibility index (Phi) is 4.41. The molecule has 0 unspecified atom stereocenters. The van der Waals surface area contributed by atoms with Gasteiger partial charge < -0.3 is 10.1 Å². The minimum atomic E-state index is -0.288. The van der Waals surface area contributed by atoms with Gasteiger partial charge in [-0.1, -0.05) is 12.1 Å². The lowest BCUT2D eigenvalue weighted by Crippen LogP contribution is -2.10. The number of benzene rings is 1. The van der Waals surface area contributed by atoms with Crippen molar-refractivity contribution in [2.75, 3.05) is 25.6 Å². The molecule has 0 amide bonds. The Balaban J connectivity index is 2.29.